The summed E-state index contributed by atoms with van der Waals surface area (Å²) in [5.41, 5.74) is 7.66. The standard InChI is InChI=1S/C22H26N4O3/c1-16-7-5-10-18(15-16)21(28)26-12-6-11-25(13-14-26)19(20(27)24-22(23)29)17-8-3-2-4-9-17/h2-5,7-10,15,19H,6,11-14H2,1H3,(H3,23,24,27,29). The van der Waals surface area contributed by atoms with Crippen molar-refractivity contribution in [3.8, 4) is 0 Å². The molecule has 3 rings (SSSR count). The third kappa shape index (κ3) is 5.20. The van der Waals surface area contributed by atoms with Gasteiger partial charge in [0.2, 0.25) is 5.91 Å². The summed E-state index contributed by atoms with van der Waals surface area (Å²) in [6, 6.07) is 15.3. The summed E-state index contributed by atoms with van der Waals surface area (Å²) in [5, 5.41) is 2.20. The monoisotopic (exact) mass is 394 g/mol. The second-order valence-corrected chi connectivity index (χ2v) is 7.22. The van der Waals surface area contributed by atoms with Gasteiger partial charge in [-0.25, -0.2) is 4.79 Å². The van der Waals surface area contributed by atoms with Crippen LogP contribution in [0, 0.1) is 6.92 Å². The van der Waals surface area contributed by atoms with E-state index in [1.54, 1.807) is 0 Å². The number of hydrogen-bond acceptors (Lipinski definition) is 4. The topological polar surface area (TPSA) is 95.7 Å². The molecule has 1 unspecified atom stereocenters. The van der Waals surface area contributed by atoms with E-state index in [9.17, 15) is 14.4 Å². The Hall–Kier alpha value is -3.19. The number of nitrogens with zero attached hydrogens (tertiary/aromatic N) is 2. The molecule has 2 aromatic carbocycles. The van der Waals surface area contributed by atoms with Crippen LogP contribution in [-0.2, 0) is 4.79 Å². The predicted molar refractivity (Wildman–Crippen MR) is 110 cm³/mol. The van der Waals surface area contributed by atoms with E-state index in [0.29, 0.717) is 31.7 Å². The Balaban J connectivity index is 1.77. The van der Waals surface area contributed by atoms with Gasteiger partial charge in [0.25, 0.3) is 5.91 Å². The molecule has 7 heteroatoms. The zero-order valence-electron chi connectivity index (χ0n) is 16.5. The molecular weight excluding hydrogens is 368 g/mol. The smallest absolute Gasteiger partial charge is 0.318 e. The molecule has 0 bridgehead atoms. The number of benzene rings is 2. The third-order valence-corrected chi connectivity index (χ3v) is 5.06. The van der Waals surface area contributed by atoms with Crippen molar-refractivity contribution in [2.75, 3.05) is 26.2 Å². The van der Waals surface area contributed by atoms with Gasteiger partial charge < -0.3 is 10.6 Å². The summed E-state index contributed by atoms with van der Waals surface area (Å²) in [5.74, 6) is -0.462. The minimum Gasteiger partial charge on any atom is -0.351 e. The lowest BCUT2D eigenvalue weighted by atomic mass is 10.0. The molecule has 7 nitrogen and oxygen atoms in total. The first kappa shape index (κ1) is 20.5. The molecule has 0 aromatic heterocycles. The molecule has 0 saturated carbocycles. The molecule has 0 radical (unpaired) electrons. The van der Waals surface area contributed by atoms with Gasteiger partial charge in [-0.2, -0.15) is 0 Å². The van der Waals surface area contributed by atoms with E-state index in [1.807, 2.05) is 71.3 Å². The highest BCUT2D eigenvalue weighted by Gasteiger charge is 2.31. The maximum atomic E-state index is 12.9. The summed E-state index contributed by atoms with van der Waals surface area (Å²) in [7, 11) is 0. The zero-order valence-corrected chi connectivity index (χ0v) is 16.5. The molecule has 152 valence electrons. The van der Waals surface area contributed by atoms with E-state index in [0.717, 1.165) is 17.5 Å². The normalized spacial score (nSPS) is 16.0. The number of nitrogens with one attached hydrogen (secondary N) is 1. The maximum absolute atomic E-state index is 12.9. The van der Waals surface area contributed by atoms with Crippen molar-refractivity contribution in [3.63, 3.8) is 0 Å². The van der Waals surface area contributed by atoms with Crippen LogP contribution in [0.4, 0.5) is 4.79 Å². The lowest BCUT2D eigenvalue weighted by Crippen LogP contribution is -2.46. The Bertz CT molecular complexity index is 885. The van der Waals surface area contributed by atoms with E-state index < -0.39 is 18.0 Å². The van der Waals surface area contributed by atoms with Crippen molar-refractivity contribution in [3.05, 3.63) is 71.3 Å². The van der Waals surface area contributed by atoms with Gasteiger partial charge in [0.15, 0.2) is 0 Å². The van der Waals surface area contributed by atoms with E-state index in [1.165, 1.54) is 0 Å². The predicted octanol–water partition coefficient (Wildman–Crippen LogP) is 2.08. The van der Waals surface area contributed by atoms with Gasteiger partial charge in [0.05, 0.1) is 0 Å². The van der Waals surface area contributed by atoms with Crippen LogP contribution in [0.1, 0.15) is 33.9 Å². The maximum Gasteiger partial charge on any atom is 0.318 e. The van der Waals surface area contributed by atoms with Crippen molar-refractivity contribution in [1.82, 2.24) is 15.1 Å². The molecule has 3 N–H and O–H groups in total. The largest absolute Gasteiger partial charge is 0.351 e. The van der Waals surface area contributed by atoms with Crippen molar-refractivity contribution in [2.24, 2.45) is 5.73 Å². The van der Waals surface area contributed by atoms with Gasteiger partial charge in [0.1, 0.15) is 6.04 Å². The number of urea groups is 1. The van der Waals surface area contributed by atoms with Gasteiger partial charge in [-0.3, -0.25) is 19.8 Å². The quantitative estimate of drug-likeness (QED) is 0.830. The number of imide groups is 1. The second-order valence-electron chi connectivity index (χ2n) is 7.22. The highest BCUT2D eigenvalue weighted by molar-refractivity contribution is 5.97. The molecule has 1 fully saturated rings. The minimum atomic E-state index is -0.873. The van der Waals surface area contributed by atoms with Crippen LogP contribution in [0.15, 0.2) is 54.6 Å². The van der Waals surface area contributed by atoms with Crippen molar-refractivity contribution < 1.29 is 14.4 Å². The zero-order chi connectivity index (χ0) is 20.8. The van der Waals surface area contributed by atoms with Crippen molar-refractivity contribution >= 4 is 17.8 Å². The van der Waals surface area contributed by atoms with Gasteiger partial charge in [0, 0.05) is 31.7 Å². The van der Waals surface area contributed by atoms with E-state index in [4.69, 9.17) is 5.73 Å². The van der Waals surface area contributed by atoms with Gasteiger partial charge >= 0.3 is 6.03 Å². The SMILES string of the molecule is Cc1cccc(C(=O)N2CCCN(C(C(=O)NC(N)=O)c3ccccc3)CC2)c1. The number of hydrogen-bond donors (Lipinski definition) is 2. The van der Waals surface area contributed by atoms with Gasteiger partial charge in [-0.1, -0.05) is 48.0 Å². The third-order valence-electron chi connectivity index (χ3n) is 5.06. The number of nitrogens with two attached hydrogens (primary N) is 1. The number of rotatable bonds is 4. The van der Waals surface area contributed by atoms with Crippen LogP contribution in [0.5, 0.6) is 0 Å². The molecule has 4 amide bonds. The van der Waals surface area contributed by atoms with Crippen molar-refractivity contribution in [1.29, 1.82) is 0 Å². The molecule has 0 spiro atoms. The molecule has 29 heavy (non-hydrogen) atoms. The molecule has 1 aliphatic heterocycles. The highest BCUT2D eigenvalue weighted by Crippen LogP contribution is 2.23. The van der Waals surface area contributed by atoms with Crippen LogP contribution in [0.3, 0.4) is 0 Å². The first-order valence-corrected chi connectivity index (χ1v) is 9.71. The Morgan fingerprint density at radius 1 is 0.966 bits per heavy atom. The average molecular weight is 394 g/mol. The summed E-state index contributed by atoms with van der Waals surface area (Å²) >= 11 is 0. The van der Waals surface area contributed by atoms with E-state index >= 15 is 0 Å². The van der Waals surface area contributed by atoms with Crippen LogP contribution in [0.25, 0.3) is 0 Å². The number of primary amides is 1. The van der Waals surface area contributed by atoms with E-state index in [-0.39, 0.29) is 5.91 Å². The van der Waals surface area contributed by atoms with E-state index in [2.05, 4.69) is 5.32 Å². The summed E-state index contributed by atoms with van der Waals surface area (Å²) in [4.78, 5) is 40.7. The fourth-order valence-electron chi connectivity index (χ4n) is 3.71. The Morgan fingerprint density at radius 3 is 2.41 bits per heavy atom. The highest BCUT2D eigenvalue weighted by atomic mass is 16.2. The van der Waals surface area contributed by atoms with Gasteiger partial charge in [-0.15, -0.1) is 0 Å². The second kappa shape index (κ2) is 9.34. The van der Waals surface area contributed by atoms with Crippen molar-refractivity contribution in [2.45, 2.75) is 19.4 Å². The lowest BCUT2D eigenvalue weighted by Gasteiger charge is -2.29. The van der Waals surface area contributed by atoms with Crippen LogP contribution >= 0.6 is 0 Å². The molecule has 1 aliphatic rings. The van der Waals surface area contributed by atoms with Crippen LogP contribution in [-0.4, -0.2) is 53.8 Å². The first-order chi connectivity index (χ1) is 14.0. The fraction of sp³-hybridized carbons (Fsp3) is 0.318. The first-order valence-electron chi connectivity index (χ1n) is 9.71. The Labute approximate surface area is 170 Å². The molecule has 0 aliphatic carbocycles. The number of carbonyl (C=O) groups excluding carboxylic acids is 3. The molecule has 1 saturated heterocycles. The van der Waals surface area contributed by atoms with Crippen LogP contribution < -0.4 is 11.1 Å². The fourth-order valence-corrected chi connectivity index (χ4v) is 3.71. The number of amides is 4. The summed E-state index contributed by atoms with van der Waals surface area (Å²) < 4.78 is 0. The average Bonchev–Trinajstić information content (AvgIpc) is 2.94. The molecule has 1 atom stereocenters. The Kier molecular flexibility index (Phi) is 6.61. The molecule has 1 heterocycles. The van der Waals surface area contributed by atoms with Crippen LogP contribution in [0.2, 0.25) is 0 Å². The Morgan fingerprint density at radius 2 is 1.72 bits per heavy atom. The minimum absolute atomic E-state index is 0.00611. The number of aryl methyl sites for hydroxylation is 1. The molecule has 2 aromatic rings. The summed E-state index contributed by atoms with van der Waals surface area (Å²) in [6.45, 7) is 4.22. The molecular formula is C22H26N4O3. The van der Waals surface area contributed by atoms with Gasteiger partial charge in [-0.05, 0) is 31.0 Å². The number of carbonyl (C=O) groups is 3. The summed E-state index contributed by atoms with van der Waals surface area (Å²) in [6.07, 6.45) is 0.727. The lowest BCUT2D eigenvalue weighted by molar-refractivity contribution is -0.125.